The van der Waals surface area contributed by atoms with Gasteiger partial charge in [-0.15, -0.1) is 0 Å². The predicted molar refractivity (Wildman–Crippen MR) is 75.0 cm³/mol. The van der Waals surface area contributed by atoms with Gasteiger partial charge in [-0.1, -0.05) is 6.92 Å². The molecule has 0 atom stereocenters. The first-order chi connectivity index (χ1) is 9.53. The number of rotatable bonds is 1. The highest BCUT2D eigenvalue weighted by atomic mass is 16.6. The summed E-state index contributed by atoms with van der Waals surface area (Å²) in [7, 11) is 0. The molecule has 1 aliphatic carbocycles. The highest BCUT2D eigenvalue weighted by Crippen LogP contribution is 2.46. The fourth-order valence-electron chi connectivity index (χ4n) is 3.76. The third-order valence-corrected chi connectivity index (χ3v) is 5.11. The molecule has 20 heavy (non-hydrogen) atoms. The first kappa shape index (κ1) is 13.7. The van der Waals surface area contributed by atoms with E-state index in [2.05, 4.69) is 6.92 Å². The zero-order valence-electron chi connectivity index (χ0n) is 12.4. The van der Waals surface area contributed by atoms with Crippen LogP contribution < -0.4 is 0 Å². The quantitative estimate of drug-likeness (QED) is 0.692. The summed E-state index contributed by atoms with van der Waals surface area (Å²) in [5.74, 6) is 0.408. The van der Waals surface area contributed by atoms with Gasteiger partial charge in [-0.25, -0.2) is 4.79 Å². The van der Waals surface area contributed by atoms with Crippen molar-refractivity contribution in [2.45, 2.75) is 58.0 Å². The summed E-state index contributed by atoms with van der Waals surface area (Å²) in [5, 5.41) is 0. The highest BCUT2D eigenvalue weighted by Gasteiger charge is 2.51. The van der Waals surface area contributed by atoms with E-state index in [1.165, 1.54) is 0 Å². The summed E-state index contributed by atoms with van der Waals surface area (Å²) in [6.07, 6.45) is 5.78. The average Bonchev–Trinajstić information content (AvgIpc) is 3.02. The maximum absolute atomic E-state index is 12.8. The van der Waals surface area contributed by atoms with E-state index in [1.54, 1.807) is 6.92 Å². The largest absolute Gasteiger partial charge is 0.451 e. The molecule has 3 aliphatic rings. The van der Waals surface area contributed by atoms with Crippen molar-refractivity contribution in [2.75, 3.05) is 13.1 Å². The second-order valence-corrected chi connectivity index (χ2v) is 6.57. The Morgan fingerprint density at radius 1 is 1.25 bits per heavy atom. The Bertz CT molecular complexity index is 466. The molecule has 1 amide bonds. The zero-order chi connectivity index (χ0) is 14.3. The molecule has 3 rings (SSSR count). The third-order valence-electron chi connectivity index (χ3n) is 5.11. The molecule has 1 spiro atoms. The van der Waals surface area contributed by atoms with Crippen molar-refractivity contribution in [1.82, 2.24) is 4.90 Å². The van der Waals surface area contributed by atoms with Gasteiger partial charge in [0.05, 0.1) is 5.57 Å². The average molecular weight is 277 g/mol. The van der Waals surface area contributed by atoms with Crippen molar-refractivity contribution in [1.29, 1.82) is 0 Å². The van der Waals surface area contributed by atoms with Gasteiger partial charge in [0, 0.05) is 18.7 Å². The van der Waals surface area contributed by atoms with Crippen LogP contribution in [0.15, 0.2) is 11.1 Å². The SMILES string of the molecule is CC1=C(C(=O)N2CCCC2)C2(CCC(C)CC2)OC1=O. The lowest BCUT2D eigenvalue weighted by Crippen LogP contribution is -2.43. The van der Waals surface area contributed by atoms with E-state index in [1.807, 2.05) is 4.90 Å². The first-order valence-electron chi connectivity index (χ1n) is 7.77. The van der Waals surface area contributed by atoms with Crippen molar-refractivity contribution in [2.24, 2.45) is 5.92 Å². The topological polar surface area (TPSA) is 46.6 Å². The lowest BCUT2D eigenvalue weighted by atomic mass is 9.75. The Labute approximate surface area is 120 Å². The van der Waals surface area contributed by atoms with E-state index < -0.39 is 5.60 Å². The summed E-state index contributed by atoms with van der Waals surface area (Å²) < 4.78 is 5.68. The van der Waals surface area contributed by atoms with Gasteiger partial charge in [0.2, 0.25) is 0 Å². The molecular formula is C16H23NO3. The summed E-state index contributed by atoms with van der Waals surface area (Å²) >= 11 is 0. The number of nitrogens with zero attached hydrogens (tertiary/aromatic N) is 1. The molecule has 0 radical (unpaired) electrons. The second kappa shape index (κ2) is 4.90. The number of esters is 1. The molecule has 0 aromatic carbocycles. The summed E-state index contributed by atoms with van der Waals surface area (Å²) in [6.45, 7) is 5.60. The van der Waals surface area contributed by atoms with Crippen LogP contribution in [0.2, 0.25) is 0 Å². The molecule has 4 heteroatoms. The summed E-state index contributed by atoms with van der Waals surface area (Å²) in [5.41, 5.74) is 0.584. The fourth-order valence-corrected chi connectivity index (χ4v) is 3.76. The molecule has 110 valence electrons. The Morgan fingerprint density at radius 2 is 1.85 bits per heavy atom. The first-order valence-corrected chi connectivity index (χ1v) is 7.77. The summed E-state index contributed by atoms with van der Waals surface area (Å²) in [6, 6.07) is 0. The number of carbonyl (C=O) groups is 2. The van der Waals surface area contributed by atoms with Gasteiger partial charge in [-0.2, -0.15) is 0 Å². The van der Waals surface area contributed by atoms with Crippen LogP contribution in [-0.4, -0.2) is 35.5 Å². The number of hydrogen-bond donors (Lipinski definition) is 0. The van der Waals surface area contributed by atoms with Crippen LogP contribution in [0.25, 0.3) is 0 Å². The van der Waals surface area contributed by atoms with Gasteiger partial charge >= 0.3 is 5.97 Å². The Morgan fingerprint density at radius 3 is 2.45 bits per heavy atom. The Hall–Kier alpha value is -1.32. The molecule has 2 fully saturated rings. The minimum absolute atomic E-state index is 0.0420. The smallest absolute Gasteiger partial charge is 0.335 e. The molecule has 0 aromatic heterocycles. The summed E-state index contributed by atoms with van der Waals surface area (Å²) in [4.78, 5) is 26.7. The van der Waals surface area contributed by atoms with Gasteiger partial charge in [0.1, 0.15) is 5.60 Å². The number of likely N-dealkylation sites (tertiary alicyclic amines) is 1. The molecule has 1 saturated carbocycles. The minimum Gasteiger partial charge on any atom is -0.451 e. The molecule has 0 N–H and O–H groups in total. The Balaban J connectivity index is 1.91. The number of carbonyl (C=O) groups excluding carboxylic acids is 2. The fraction of sp³-hybridized carbons (Fsp3) is 0.750. The third kappa shape index (κ3) is 2.05. The molecule has 0 bridgehead atoms. The molecule has 1 saturated heterocycles. The van der Waals surface area contributed by atoms with Gasteiger partial charge in [0.15, 0.2) is 0 Å². The highest BCUT2D eigenvalue weighted by molar-refractivity contribution is 6.07. The van der Waals surface area contributed by atoms with Crippen molar-refractivity contribution >= 4 is 11.9 Å². The van der Waals surface area contributed by atoms with Gasteiger partial charge in [0.25, 0.3) is 5.91 Å². The van der Waals surface area contributed by atoms with Gasteiger partial charge in [-0.05, 0) is 51.4 Å². The second-order valence-electron chi connectivity index (χ2n) is 6.57. The predicted octanol–water partition coefficient (Wildman–Crippen LogP) is 2.43. The minimum atomic E-state index is -0.618. The lowest BCUT2D eigenvalue weighted by Gasteiger charge is -2.37. The molecule has 0 unspecified atom stereocenters. The number of amides is 1. The molecule has 0 aromatic rings. The standard InChI is InChI=1S/C16H23NO3/c1-11-5-7-16(8-6-11)13(12(2)15(19)20-16)14(18)17-9-3-4-10-17/h11H,3-10H2,1-2H3. The Kier molecular flexibility index (Phi) is 3.35. The number of hydrogen-bond acceptors (Lipinski definition) is 3. The van der Waals surface area contributed by atoms with Crippen LogP contribution in [0.4, 0.5) is 0 Å². The maximum Gasteiger partial charge on any atom is 0.335 e. The van der Waals surface area contributed by atoms with E-state index in [4.69, 9.17) is 4.74 Å². The normalized spacial score (nSPS) is 34.0. The van der Waals surface area contributed by atoms with Crippen LogP contribution in [0.3, 0.4) is 0 Å². The van der Waals surface area contributed by atoms with Crippen molar-refractivity contribution < 1.29 is 14.3 Å². The molecule has 4 nitrogen and oxygen atoms in total. The van der Waals surface area contributed by atoms with Crippen molar-refractivity contribution in [3.63, 3.8) is 0 Å². The van der Waals surface area contributed by atoms with Gasteiger partial charge in [-0.3, -0.25) is 4.79 Å². The molecule has 2 heterocycles. The maximum atomic E-state index is 12.8. The van der Waals surface area contributed by atoms with E-state index >= 15 is 0 Å². The van der Waals surface area contributed by atoms with Crippen molar-refractivity contribution in [3.8, 4) is 0 Å². The molecular weight excluding hydrogens is 254 g/mol. The van der Waals surface area contributed by atoms with E-state index in [0.29, 0.717) is 17.1 Å². The zero-order valence-corrected chi connectivity index (χ0v) is 12.4. The number of ether oxygens (including phenoxy) is 1. The lowest BCUT2D eigenvalue weighted by molar-refractivity contribution is -0.150. The monoisotopic (exact) mass is 277 g/mol. The van der Waals surface area contributed by atoms with Crippen LogP contribution in [0.5, 0.6) is 0 Å². The molecule has 2 aliphatic heterocycles. The van der Waals surface area contributed by atoms with Crippen LogP contribution in [-0.2, 0) is 14.3 Å². The van der Waals surface area contributed by atoms with E-state index in [9.17, 15) is 9.59 Å². The van der Waals surface area contributed by atoms with Crippen LogP contribution >= 0.6 is 0 Å². The van der Waals surface area contributed by atoms with E-state index in [-0.39, 0.29) is 11.9 Å². The van der Waals surface area contributed by atoms with Crippen LogP contribution in [0.1, 0.15) is 52.4 Å². The van der Waals surface area contributed by atoms with Gasteiger partial charge < -0.3 is 9.64 Å². The van der Waals surface area contributed by atoms with Crippen LogP contribution in [0, 0.1) is 5.92 Å². The van der Waals surface area contributed by atoms with E-state index in [0.717, 1.165) is 51.6 Å². The van der Waals surface area contributed by atoms with Crippen molar-refractivity contribution in [3.05, 3.63) is 11.1 Å².